The van der Waals surface area contributed by atoms with E-state index in [1.165, 1.54) is 0 Å². The van der Waals surface area contributed by atoms with Crippen LogP contribution in [-0.2, 0) is 12.0 Å². The van der Waals surface area contributed by atoms with Gasteiger partial charge in [0.15, 0.2) is 10.6 Å². The molecule has 2 aromatic rings. The van der Waals surface area contributed by atoms with Gasteiger partial charge in [0.05, 0.1) is 24.8 Å². The molecular formula is C23H29ClN4O2S. The van der Waals surface area contributed by atoms with Gasteiger partial charge in [-0.2, -0.15) is 15.2 Å². The zero-order valence-corrected chi connectivity index (χ0v) is 20.1. The Morgan fingerprint density at radius 2 is 2.03 bits per heavy atom. The molecule has 0 radical (unpaired) electrons. The highest BCUT2D eigenvalue weighted by Gasteiger charge is 2.31. The molecule has 1 fully saturated rings. The van der Waals surface area contributed by atoms with Gasteiger partial charge in [-0.15, -0.1) is 11.3 Å². The number of hydrogen-bond acceptors (Lipinski definition) is 5. The first-order valence-corrected chi connectivity index (χ1v) is 11.6. The van der Waals surface area contributed by atoms with E-state index >= 15 is 0 Å². The topological polar surface area (TPSA) is 82.9 Å². The second-order valence-electron chi connectivity index (χ2n) is 9.03. The molecule has 166 valence electrons. The number of nitrogens with zero attached hydrogens (tertiary/aromatic N) is 4. The molecule has 0 aliphatic heterocycles. The van der Waals surface area contributed by atoms with Gasteiger partial charge in [0.1, 0.15) is 5.75 Å². The van der Waals surface area contributed by atoms with E-state index in [1.54, 1.807) is 36.6 Å². The lowest BCUT2D eigenvalue weighted by Gasteiger charge is -2.32. The second kappa shape index (κ2) is 9.56. The molecule has 1 aromatic heterocycles. The molecule has 3 rings (SSSR count). The molecule has 1 heterocycles. The summed E-state index contributed by atoms with van der Waals surface area (Å²) in [4.78, 5) is 10.5. The molecular weight excluding hydrogens is 432 g/mol. The van der Waals surface area contributed by atoms with Gasteiger partial charge < -0.3 is 14.4 Å². The fourth-order valence-corrected chi connectivity index (χ4v) is 4.97. The Labute approximate surface area is 192 Å². The third-order valence-corrected chi connectivity index (χ3v) is 7.15. The van der Waals surface area contributed by atoms with Gasteiger partial charge in [-0.1, -0.05) is 51.6 Å². The average molecular weight is 461 g/mol. The number of methoxy groups -OCH3 is 1. The summed E-state index contributed by atoms with van der Waals surface area (Å²) < 4.78 is 7.44. The molecule has 0 atom stereocenters. The predicted molar refractivity (Wildman–Crippen MR) is 125 cm³/mol. The Morgan fingerprint density at radius 1 is 1.32 bits per heavy atom. The summed E-state index contributed by atoms with van der Waals surface area (Å²) in [6.07, 6.45) is 8.69. The number of amidine groups is 1. The number of nitriles is 1. The summed E-state index contributed by atoms with van der Waals surface area (Å²) in [6, 6.07) is 5.14. The van der Waals surface area contributed by atoms with Crippen LogP contribution in [0.15, 0.2) is 34.4 Å². The maximum absolute atomic E-state index is 11.2. The lowest BCUT2D eigenvalue weighted by atomic mass is 9.85. The SMILES string of the molecule is COc1ccc(Cl)cc1C(/N=c1\sc(C(C)(C)C)cn1CC1(O)CCCCC1)=N\C#N. The van der Waals surface area contributed by atoms with Crippen molar-refractivity contribution < 1.29 is 9.84 Å². The van der Waals surface area contributed by atoms with Crippen LogP contribution in [0.25, 0.3) is 0 Å². The van der Waals surface area contributed by atoms with Crippen molar-refractivity contribution in [3.8, 4) is 11.9 Å². The lowest BCUT2D eigenvalue weighted by molar-refractivity contribution is -0.0120. The number of rotatable bonds is 4. The largest absolute Gasteiger partial charge is 0.496 e. The zero-order valence-electron chi connectivity index (χ0n) is 18.5. The molecule has 1 saturated carbocycles. The maximum Gasteiger partial charge on any atom is 0.207 e. The number of halogens is 1. The van der Waals surface area contributed by atoms with Crippen LogP contribution in [0.4, 0.5) is 0 Å². The van der Waals surface area contributed by atoms with Gasteiger partial charge in [0, 0.05) is 16.1 Å². The van der Waals surface area contributed by atoms with Crippen molar-refractivity contribution in [2.45, 2.75) is 70.4 Å². The number of thiazole rings is 1. The molecule has 0 bridgehead atoms. The summed E-state index contributed by atoms with van der Waals surface area (Å²) in [6.45, 7) is 6.90. The molecule has 1 aliphatic carbocycles. The van der Waals surface area contributed by atoms with Crippen LogP contribution in [0.3, 0.4) is 0 Å². The van der Waals surface area contributed by atoms with Crippen molar-refractivity contribution in [3.05, 3.63) is 44.7 Å². The Hall–Kier alpha value is -2.14. The maximum atomic E-state index is 11.2. The van der Waals surface area contributed by atoms with Crippen molar-refractivity contribution in [3.63, 3.8) is 0 Å². The predicted octanol–water partition coefficient (Wildman–Crippen LogP) is 5.03. The van der Waals surface area contributed by atoms with E-state index in [1.807, 2.05) is 10.8 Å². The number of hydrogen-bond donors (Lipinski definition) is 1. The zero-order chi connectivity index (χ0) is 22.6. The standard InChI is InChI=1S/C23H29ClN4O2S/c1-22(2,3)19-13-28(14-23(29)10-6-5-7-11-23)21(31-19)27-20(26-15-25)17-12-16(24)8-9-18(17)30-4/h8-9,12-13,29H,5-7,10-11,14H2,1-4H3/b26-20+,27-21-. The first-order valence-electron chi connectivity index (χ1n) is 10.4. The average Bonchev–Trinajstić information content (AvgIpc) is 3.10. The smallest absolute Gasteiger partial charge is 0.207 e. The molecule has 1 aliphatic rings. The van der Waals surface area contributed by atoms with Crippen LogP contribution in [0.2, 0.25) is 5.02 Å². The van der Waals surface area contributed by atoms with Gasteiger partial charge in [0.25, 0.3) is 0 Å². The monoisotopic (exact) mass is 460 g/mol. The molecule has 0 amide bonds. The summed E-state index contributed by atoms with van der Waals surface area (Å²) in [5.74, 6) is 0.765. The van der Waals surface area contributed by atoms with Crippen LogP contribution >= 0.6 is 22.9 Å². The van der Waals surface area contributed by atoms with Crippen molar-refractivity contribution in [2.75, 3.05) is 7.11 Å². The van der Waals surface area contributed by atoms with Crippen LogP contribution in [-0.4, -0.2) is 28.2 Å². The molecule has 8 heteroatoms. The number of ether oxygens (including phenoxy) is 1. The highest BCUT2D eigenvalue weighted by Crippen LogP contribution is 2.31. The normalized spacial score (nSPS) is 17.5. The molecule has 0 spiro atoms. The molecule has 1 N–H and O–H groups in total. The molecule has 1 aromatic carbocycles. The highest BCUT2D eigenvalue weighted by molar-refractivity contribution is 7.09. The minimum absolute atomic E-state index is 0.0738. The molecule has 0 unspecified atom stereocenters. The highest BCUT2D eigenvalue weighted by atomic mass is 35.5. The van der Waals surface area contributed by atoms with E-state index in [4.69, 9.17) is 21.3 Å². The summed E-state index contributed by atoms with van der Waals surface area (Å²) in [7, 11) is 1.55. The number of aliphatic imine (C=N–C) groups is 1. The molecule has 0 saturated heterocycles. The van der Waals surface area contributed by atoms with E-state index in [2.05, 4.69) is 32.0 Å². The van der Waals surface area contributed by atoms with E-state index in [0.717, 1.165) is 37.0 Å². The Kier molecular flexibility index (Phi) is 7.25. The Balaban J connectivity index is 2.14. The lowest BCUT2D eigenvalue weighted by Crippen LogP contribution is -2.38. The van der Waals surface area contributed by atoms with Crippen molar-refractivity contribution in [1.29, 1.82) is 5.26 Å². The van der Waals surface area contributed by atoms with E-state index in [9.17, 15) is 10.4 Å². The summed E-state index contributed by atoms with van der Waals surface area (Å²) in [5, 5.41) is 21.0. The van der Waals surface area contributed by atoms with Crippen molar-refractivity contribution in [2.24, 2.45) is 9.98 Å². The van der Waals surface area contributed by atoms with E-state index < -0.39 is 5.60 Å². The number of aliphatic hydroxyl groups is 1. The first-order chi connectivity index (χ1) is 14.6. The van der Waals surface area contributed by atoms with Gasteiger partial charge in [-0.05, 0) is 36.5 Å². The fourth-order valence-electron chi connectivity index (χ4n) is 3.75. The van der Waals surface area contributed by atoms with Gasteiger partial charge >= 0.3 is 0 Å². The first kappa shape index (κ1) is 23.5. The number of benzene rings is 1. The van der Waals surface area contributed by atoms with Gasteiger partial charge in [-0.3, -0.25) is 0 Å². The number of aromatic nitrogens is 1. The second-order valence-corrected chi connectivity index (χ2v) is 10.5. The third kappa shape index (κ3) is 5.76. The van der Waals surface area contributed by atoms with Gasteiger partial charge in [-0.25, -0.2) is 0 Å². The van der Waals surface area contributed by atoms with Crippen molar-refractivity contribution >= 4 is 28.8 Å². The van der Waals surface area contributed by atoms with Crippen LogP contribution in [0.1, 0.15) is 63.3 Å². The van der Waals surface area contributed by atoms with Crippen molar-refractivity contribution in [1.82, 2.24) is 4.57 Å². The van der Waals surface area contributed by atoms with Crippen LogP contribution in [0, 0.1) is 11.5 Å². The Bertz CT molecular complexity index is 1070. The molecule has 31 heavy (non-hydrogen) atoms. The quantitative estimate of drug-likeness (QED) is 0.394. The molecule has 6 nitrogen and oxygen atoms in total. The minimum atomic E-state index is -0.746. The summed E-state index contributed by atoms with van der Waals surface area (Å²) in [5.41, 5.74) is -0.274. The Morgan fingerprint density at radius 3 is 2.65 bits per heavy atom. The van der Waals surface area contributed by atoms with Crippen LogP contribution in [0.5, 0.6) is 5.75 Å². The third-order valence-electron chi connectivity index (χ3n) is 5.47. The van der Waals surface area contributed by atoms with E-state index in [-0.39, 0.29) is 11.3 Å². The van der Waals surface area contributed by atoms with E-state index in [0.29, 0.717) is 27.7 Å². The summed E-state index contributed by atoms with van der Waals surface area (Å²) >= 11 is 7.73. The van der Waals surface area contributed by atoms with Gasteiger partial charge in [0.2, 0.25) is 6.19 Å². The minimum Gasteiger partial charge on any atom is -0.496 e. The fraction of sp³-hybridized carbons (Fsp3) is 0.522. The van der Waals surface area contributed by atoms with Crippen LogP contribution < -0.4 is 9.54 Å².